The normalized spacial score (nSPS) is 25.6. The first kappa shape index (κ1) is 20.2. The Morgan fingerprint density at radius 1 is 1.16 bits per heavy atom. The minimum atomic E-state index is -0.627. The number of carbonyl (C=O) groups excluding carboxylic acids is 2. The van der Waals surface area contributed by atoms with Crippen molar-refractivity contribution in [2.24, 2.45) is 11.8 Å². The van der Waals surface area contributed by atoms with Crippen LogP contribution in [0.3, 0.4) is 0 Å². The number of ether oxygens (including phenoxy) is 1. The number of phenolic OH excluding ortho intramolecular Hbond substituents is 1. The van der Waals surface area contributed by atoms with Gasteiger partial charge in [-0.3, -0.25) is 14.5 Å². The third-order valence-corrected chi connectivity index (χ3v) is 7.16. The molecule has 1 fully saturated rings. The molecule has 3 heterocycles. The van der Waals surface area contributed by atoms with Crippen molar-refractivity contribution in [2.45, 2.75) is 58.1 Å². The van der Waals surface area contributed by atoms with E-state index in [0.717, 1.165) is 42.7 Å². The summed E-state index contributed by atoms with van der Waals surface area (Å²) in [5.41, 5.74) is 1.16. The number of ketones is 1. The molecule has 3 atom stereocenters. The number of nitrogens with zero attached hydrogens (tertiary/aromatic N) is 3. The molecule has 2 aliphatic heterocycles. The summed E-state index contributed by atoms with van der Waals surface area (Å²) in [6, 6.07) is 5.99. The second-order valence-electron chi connectivity index (χ2n) is 8.90. The molecular formula is C23H25N3O4S. The molecule has 2 aromatic rings. The maximum atomic E-state index is 13.6. The van der Waals surface area contributed by atoms with Crippen molar-refractivity contribution in [3.63, 3.8) is 0 Å². The van der Waals surface area contributed by atoms with Crippen molar-refractivity contribution in [2.75, 3.05) is 4.90 Å². The van der Waals surface area contributed by atoms with E-state index in [2.05, 4.69) is 24.0 Å². The summed E-state index contributed by atoms with van der Waals surface area (Å²) >= 11 is 1.38. The summed E-state index contributed by atoms with van der Waals surface area (Å²) in [5.74, 6) is 0.173. The largest absolute Gasteiger partial charge is 0.508 e. The van der Waals surface area contributed by atoms with Gasteiger partial charge in [-0.2, -0.15) is 0 Å². The Hall–Kier alpha value is -2.74. The smallest absolute Gasteiger partial charge is 0.296 e. The van der Waals surface area contributed by atoms with Gasteiger partial charge in [0.2, 0.25) is 5.13 Å². The molecule has 1 amide bonds. The Labute approximate surface area is 184 Å². The fourth-order valence-electron chi connectivity index (χ4n) is 4.79. The molecule has 0 radical (unpaired) electrons. The first-order valence-electron chi connectivity index (χ1n) is 10.8. The van der Waals surface area contributed by atoms with Gasteiger partial charge in [0, 0.05) is 6.42 Å². The Kier molecular flexibility index (Phi) is 5.04. The lowest BCUT2D eigenvalue weighted by atomic mass is 9.77. The number of anilines is 1. The maximum absolute atomic E-state index is 13.6. The van der Waals surface area contributed by atoms with E-state index in [1.807, 2.05) is 0 Å². The minimum Gasteiger partial charge on any atom is -0.508 e. The van der Waals surface area contributed by atoms with Crippen LogP contribution in [0.15, 0.2) is 35.6 Å². The molecule has 1 saturated carbocycles. The van der Waals surface area contributed by atoms with E-state index >= 15 is 0 Å². The first-order chi connectivity index (χ1) is 14.9. The van der Waals surface area contributed by atoms with Crippen LogP contribution in [0.2, 0.25) is 0 Å². The van der Waals surface area contributed by atoms with Crippen LogP contribution in [0, 0.1) is 11.8 Å². The van der Waals surface area contributed by atoms with Gasteiger partial charge in [0.25, 0.3) is 5.91 Å². The Balaban J connectivity index is 1.60. The lowest BCUT2D eigenvalue weighted by Gasteiger charge is -2.35. The number of phenols is 1. The standard InChI is InChI=1S/C23H25N3O4S/c1-12(2)11-17-24-25-23(31-17)26-19(13-7-9-14(27)10-8-13)18-20(28)15-5-3-4-6-16(15)30-21(18)22(26)29/h7-10,12,15-16,19,27H,3-6,11H2,1-2H3. The molecule has 3 unspecified atom stereocenters. The zero-order valence-corrected chi connectivity index (χ0v) is 18.4. The highest BCUT2D eigenvalue weighted by Gasteiger charge is 2.53. The van der Waals surface area contributed by atoms with Crippen LogP contribution in [0.25, 0.3) is 0 Å². The number of aromatic nitrogens is 2. The van der Waals surface area contributed by atoms with Gasteiger partial charge in [-0.05, 0) is 42.9 Å². The molecule has 0 bridgehead atoms. The van der Waals surface area contributed by atoms with E-state index in [1.54, 1.807) is 29.2 Å². The number of aromatic hydroxyl groups is 1. The van der Waals surface area contributed by atoms with Crippen LogP contribution in [0.1, 0.15) is 56.1 Å². The van der Waals surface area contributed by atoms with Crippen LogP contribution in [-0.4, -0.2) is 33.1 Å². The van der Waals surface area contributed by atoms with Gasteiger partial charge in [0.15, 0.2) is 11.5 Å². The summed E-state index contributed by atoms with van der Waals surface area (Å²) in [5, 5.41) is 19.7. The molecule has 1 aliphatic carbocycles. The van der Waals surface area contributed by atoms with Crippen molar-refractivity contribution in [1.29, 1.82) is 0 Å². The predicted molar refractivity (Wildman–Crippen MR) is 116 cm³/mol. The van der Waals surface area contributed by atoms with E-state index in [1.165, 1.54) is 11.3 Å². The highest BCUT2D eigenvalue weighted by atomic mass is 32.1. The topological polar surface area (TPSA) is 92.6 Å². The van der Waals surface area contributed by atoms with E-state index in [-0.39, 0.29) is 35.2 Å². The van der Waals surface area contributed by atoms with Crippen LogP contribution in [-0.2, 0) is 20.7 Å². The molecule has 5 rings (SSSR count). The number of amides is 1. The number of rotatable bonds is 4. The van der Waals surface area contributed by atoms with Crippen LogP contribution < -0.4 is 4.90 Å². The summed E-state index contributed by atoms with van der Waals surface area (Å²) in [7, 11) is 0. The van der Waals surface area contributed by atoms with Crippen LogP contribution >= 0.6 is 11.3 Å². The number of hydrogen-bond acceptors (Lipinski definition) is 7. The van der Waals surface area contributed by atoms with Crippen molar-refractivity contribution >= 4 is 28.2 Å². The van der Waals surface area contributed by atoms with Gasteiger partial charge >= 0.3 is 0 Å². The molecular weight excluding hydrogens is 414 g/mol. The highest BCUT2D eigenvalue weighted by Crippen LogP contribution is 2.48. The van der Waals surface area contributed by atoms with Gasteiger partial charge in [-0.15, -0.1) is 10.2 Å². The highest BCUT2D eigenvalue weighted by molar-refractivity contribution is 7.15. The summed E-state index contributed by atoms with van der Waals surface area (Å²) < 4.78 is 6.17. The monoisotopic (exact) mass is 439 g/mol. The van der Waals surface area contributed by atoms with Gasteiger partial charge in [-0.1, -0.05) is 43.7 Å². The summed E-state index contributed by atoms with van der Waals surface area (Å²) in [6.45, 7) is 4.21. The molecule has 1 aromatic carbocycles. The maximum Gasteiger partial charge on any atom is 0.296 e. The molecule has 1 aromatic heterocycles. The molecule has 0 saturated heterocycles. The van der Waals surface area contributed by atoms with E-state index < -0.39 is 6.04 Å². The lowest BCUT2D eigenvalue weighted by Crippen LogP contribution is -2.39. The van der Waals surface area contributed by atoms with E-state index in [0.29, 0.717) is 16.6 Å². The molecule has 7 nitrogen and oxygen atoms in total. The number of Topliss-reactive ketones (excluding diaryl/α,β-unsaturated/α-hetero) is 1. The number of carbonyl (C=O) groups is 2. The SMILES string of the molecule is CC(C)Cc1nnc(N2C(=O)C3=C(C(=O)C4CCCCC4O3)C2c2ccc(O)cc2)s1. The lowest BCUT2D eigenvalue weighted by molar-refractivity contribution is -0.131. The average Bonchev–Trinajstić information content (AvgIpc) is 3.31. The molecule has 162 valence electrons. The second-order valence-corrected chi connectivity index (χ2v) is 9.94. The fraction of sp³-hybridized carbons (Fsp3) is 0.478. The van der Waals surface area contributed by atoms with Gasteiger partial charge in [0.05, 0.1) is 17.5 Å². The summed E-state index contributed by atoms with van der Waals surface area (Å²) in [6.07, 6.45) is 4.13. The fourth-order valence-corrected chi connectivity index (χ4v) is 5.87. The first-order valence-corrected chi connectivity index (χ1v) is 11.7. The van der Waals surface area contributed by atoms with Crippen LogP contribution in [0.5, 0.6) is 5.75 Å². The van der Waals surface area contributed by atoms with Crippen molar-refractivity contribution in [1.82, 2.24) is 10.2 Å². The van der Waals surface area contributed by atoms with Crippen LogP contribution in [0.4, 0.5) is 5.13 Å². The number of benzene rings is 1. The Morgan fingerprint density at radius 2 is 1.90 bits per heavy atom. The summed E-state index contributed by atoms with van der Waals surface area (Å²) in [4.78, 5) is 28.6. The molecule has 1 N–H and O–H groups in total. The average molecular weight is 440 g/mol. The van der Waals surface area contributed by atoms with E-state index in [9.17, 15) is 14.7 Å². The Bertz CT molecular complexity index is 1060. The number of fused-ring (bicyclic) bond motifs is 1. The van der Waals surface area contributed by atoms with E-state index in [4.69, 9.17) is 4.74 Å². The predicted octanol–water partition coefficient (Wildman–Crippen LogP) is 3.94. The van der Waals surface area contributed by atoms with Gasteiger partial charge in [-0.25, -0.2) is 0 Å². The van der Waals surface area contributed by atoms with Crippen molar-refractivity contribution < 1.29 is 19.4 Å². The number of hydrogen-bond donors (Lipinski definition) is 1. The zero-order valence-electron chi connectivity index (χ0n) is 17.6. The third-order valence-electron chi connectivity index (χ3n) is 6.22. The molecule has 8 heteroatoms. The Morgan fingerprint density at radius 3 is 2.65 bits per heavy atom. The van der Waals surface area contributed by atoms with Crippen molar-refractivity contribution in [3.8, 4) is 5.75 Å². The minimum absolute atomic E-state index is 0.00629. The quantitative estimate of drug-likeness (QED) is 0.776. The molecule has 3 aliphatic rings. The third kappa shape index (κ3) is 3.43. The molecule has 31 heavy (non-hydrogen) atoms. The van der Waals surface area contributed by atoms with Crippen molar-refractivity contribution in [3.05, 3.63) is 46.2 Å². The van der Waals surface area contributed by atoms with Gasteiger partial charge < -0.3 is 9.84 Å². The zero-order chi connectivity index (χ0) is 21.7. The van der Waals surface area contributed by atoms with Gasteiger partial charge in [0.1, 0.15) is 16.9 Å². The second kappa shape index (κ2) is 7.75. The molecule has 0 spiro atoms.